The molecular weight excluding hydrogens is 270 g/mol. The Hall–Kier alpha value is -2.06. The van der Waals surface area contributed by atoms with Crippen molar-refractivity contribution < 1.29 is 5.11 Å². The smallest absolute Gasteiger partial charge is 0.115 e. The van der Waals surface area contributed by atoms with Gasteiger partial charge in [0, 0.05) is 19.1 Å². The highest BCUT2D eigenvalue weighted by Gasteiger charge is 2.19. The van der Waals surface area contributed by atoms with Gasteiger partial charge in [-0.2, -0.15) is 0 Å². The summed E-state index contributed by atoms with van der Waals surface area (Å²) in [6.07, 6.45) is 6.50. The Kier molecular flexibility index (Phi) is 4.59. The van der Waals surface area contributed by atoms with Crippen molar-refractivity contribution in [2.45, 2.75) is 25.8 Å². The maximum atomic E-state index is 9.67. The van der Waals surface area contributed by atoms with Gasteiger partial charge in [0.2, 0.25) is 0 Å². The van der Waals surface area contributed by atoms with Gasteiger partial charge in [0.25, 0.3) is 0 Å². The summed E-state index contributed by atoms with van der Waals surface area (Å²) in [5.74, 6) is 0.378. The quantitative estimate of drug-likeness (QED) is 0.928. The van der Waals surface area contributed by atoms with Crippen molar-refractivity contribution in [2.24, 2.45) is 0 Å². The molecular formula is C20H23NO. The van der Waals surface area contributed by atoms with Crippen molar-refractivity contribution in [3.8, 4) is 5.75 Å². The fraction of sp³-hybridized carbons (Fsp3) is 0.300. The fourth-order valence-corrected chi connectivity index (χ4v) is 3.14. The van der Waals surface area contributed by atoms with E-state index in [4.69, 9.17) is 0 Å². The van der Waals surface area contributed by atoms with E-state index in [0.29, 0.717) is 11.8 Å². The van der Waals surface area contributed by atoms with E-state index in [1.54, 1.807) is 6.07 Å². The number of fused-ring (bicyclic) bond motifs is 1. The Morgan fingerprint density at radius 1 is 1.14 bits per heavy atom. The van der Waals surface area contributed by atoms with Gasteiger partial charge in [0.1, 0.15) is 5.75 Å². The lowest BCUT2D eigenvalue weighted by molar-refractivity contribution is 0.240. The zero-order chi connectivity index (χ0) is 15.4. The topological polar surface area (TPSA) is 23.5 Å². The summed E-state index contributed by atoms with van der Waals surface area (Å²) in [5, 5.41) is 9.67. The Bertz CT molecular complexity index is 648. The second-order valence-electron chi connectivity index (χ2n) is 6.06. The van der Waals surface area contributed by atoms with Crippen LogP contribution in [-0.2, 0) is 12.8 Å². The highest BCUT2D eigenvalue weighted by Crippen LogP contribution is 2.23. The van der Waals surface area contributed by atoms with Crippen LogP contribution in [0.3, 0.4) is 0 Å². The molecule has 1 heterocycles. The highest BCUT2D eigenvalue weighted by molar-refractivity contribution is 5.48. The monoisotopic (exact) mass is 293 g/mol. The summed E-state index contributed by atoms with van der Waals surface area (Å²) in [5.41, 5.74) is 3.92. The molecule has 114 valence electrons. The molecule has 2 nitrogen and oxygen atoms in total. The summed E-state index contributed by atoms with van der Waals surface area (Å²) in [4.78, 5) is 2.51. The Morgan fingerprint density at radius 3 is 2.77 bits per heavy atom. The van der Waals surface area contributed by atoms with Gasteiger partial charge in [0.15, 0.2) is 0 Å². The van der Waals surface area contributed by atoms with Crippen molar-refractivity contribution >= 4 is 6.08 Å². The maximum Gasteiger partial charge on any atom is 0.115 e. The Balaban J connectivity index is 1.65. The van der Waals surface area contributed by atoms with Crippen molar-refractivity contribution in [3.63, 3.8) is 0 Å². The van der Waals surface area contributed by atoms with E-state index in [1.165, 1.54) is 16.7 Å². The van der Waals surface area contributed by atoms with Crippen LogP contribution in [-0.4, -0.2) is 29.1 Å². The normalized spacial score (nSPS) is 19.0. The van der Waals surface area contributed by atoms with Crippen LogP contribution in [0.1, 0.15) is 23.6 Å². The second kappa shape index (κ2) is 6.80. The molecule has 0 saturated carbocycles. The molecule has 0 amide bonds. The SMILES string of the molecule is CC1Cc2cc(O)ccc2CCN1CC=Cc1ccccc1. The molecule has 0 bridgehead atoms. The number of nitrogens with zero attached hydrogens (tertiary/aromatic N) is 1. The minimum Gasteiger partial charge on any atom is -0.508 e. The maximum absolute atomic E-state index is 9.67. The summed E-state index contributed by atoms with van der Waals surface area (Å²) in [6, 6.07) is 16.7. The third-order valence-corrected chi connectivity index (χ3v) is 4.45. The number of phenols is 1. The first-order valence-corrected chi connectivity index (χ1v) is 7.99. The first kappa shape index (κ1) is 14.9. The zero-order valence-electron chi connectivity index (χ0n) is 13.1. The number of aromatic hydroxyl groups is 1. The molecule has 1 unspecified atom stereocenters. The van der Waals surface area contributed by atoms with Crippen LogP contribution in [0.5, 0.6) is 5.75 Å². The van der Waals surface area contributed by atoms with E-state index >= 15 is 0 Å². The molecule has 3 rings (SSSR count). The molecule has 1 aliphatic heterocycles. The van der Waals surface area contributed by atoms with E-state index in [9.17, 15) is 5.11 Å². The van der Waals surface area contributed by atoms with E-state index in [-0.39, 0.29) is 0 Å². The largest absolute Gasteiger partial charge is 0.508 e. The lowest BCUT2D eigenvalue weighted by Crippen LogP contribution is -2.34. The molecule has 1 N–H and O–H groups in total. The van der Waals surface area contributed by atoms with Gasteiger partial charge in [-0.3, -0.25) is 4.90 Å². The molecule has 2 aromatic rings. The van der Waals surface area contributed by atoms with Crippen molar-refractivity contribution in [2.75, 3.05) is 13.1 Å². The molecule has 0 radical (unpaired) electrons. The third-order valence-electron chi connectivity index (χ3n) is 4.45. The van der Waals surface area contributed by atoms with Gasteiger partial charge in [-0.1, -0.05) is 48.6 Å². The lowest BCUT2D eigenvalue weighted by Gasteiger charge is -2.25. The number of benzene rings is 2. The summed E-state index contributed by atoms with van der Waals surface area (Å²) >= 11 is 0. The number of hydrogen-bond acceptors (Lipinski definition) is 2. The average molecular weight is 293 g/mol. The van der Waals surface area contributed by atoms with Crippen LogP contribution >= 0.6 is 0 Å². The molecule has 0 aromatic heterocycles. The molecule has 0 aliphatic carbocycles. The summed E-state index contributed by atoms with van der Waals surface area (Å²) < 4.78 is 0. The van der Waals surface area contributed by atoms with Crippen molar-refractivity contribution in [3.05, 3.63) is 71.3 Å². The molecule has 0 fully saturated rings. The van der Waals surface area contributed by atoms with Crippen LogP contribution in [0.2, 0.25) is 0 Å². The van der Waals surface area contributed by atoms with Crippen molar-refractivity contribution in [1.29, 1.82) is 0 Å². The Morgan fingerprint density at radius 2 is 1.95 bits per heavy atom. The van der Waals surface area contributed by atoms with E-state index in [1.807, 2.05) is 12.1 Å². The number of hydrogen-bond donors (Lipinski definition) is 1. The molecule has 2 heteroatoms. The van der Waals surface area contributed by atoms with Gasteiger partial charge in [0.05, 0.1) is 0 Å². The third kappa shape index (κ3) is 3.58. The molecule has 1 atom stereocenters. The predicted octanol–water partition coefficient (Wildman–Crippen LogP) is 3.89. The zero-order valence-corrected chi connectivity index (χ0v) is 13.1. The van der Waals surface area contributed by atoms with Crippen LogP contribution in [0.4, 0.5) is 0 Å². The molecule has 1 aliphatic rings. The molecule has 2 aromatic carbocycles. The number of phenolic OH excluding ortho intramolecular Hbond substituents is 1. The first-order chi connectivity index (χ1) is 10.7. The minimum absolute atomic E-state index is 0.378. The molecule has 0 spiro atoms. The van der Waals surface area contributed by atoms with Gasteiger partial charge in [-0.25, -0.2) is 0 Å². The fourth-order valence-electron chi connectivity index (χ4n) is 3.14. The van der Waals surface area contributed by atoms with Gasteiger partial charge < -0.3 is 5.11 Å². The van der Waals surface area contributed by atoms with Crippen LogP contribution < -0.4 is 0 Å². The van der Waals surface area contributed by atoms with Gasteiger partial charge in [-0.05, 0) is 48.6 Å². The first-order valence-electron chi connectivity index (χ1n) is 7.99. The van der Waals surface area contributed by atoms with Crippen LogP contribution in [0.25, 0.3) is 6.08 Å². The lowest BCUT2D eigenvalue weighted by atomic mass is 10.0. The molecule has 22 heavy (non-hydrogen) atoms. The average Bonchev–Trinajstić information content (AvgIpc) is 2.67. The van der Waals surface area contributed by atoms with Crippen LogP contribution in [0.15, 0.2) is 54.6 Å². The Labute approximate surface area is 132 Å². The van der Waals surface area contributed by atoms with Gasteiger partial charge in [-0.15, -0.1) is 0 Å². The van der Waals surface area contributed by atoms with E-state index in [2.05, 4.69) is 54.3 Å². The minimum atomic E-state index is 0.378. The summed E-state index contributed by atoms with van der Waals surface area (Å²) in [6.45, 7) is 4.31. The highest BCUT2D eigenvalue weighted by atomic mass is 16.3. The van der Waals surface area contributed by atoms with Gasteiger partial charge >= 0.3 is 0 Å². The van der Waals surface area contributed by atoms with E-state index in [0.717, 1.165) is 25.9 Å². The summed E-state index contributed by atoms with van der Waals surface area (Å²) in [7, 11) is 0. The van der Waals surface area contributed by atoms with Crippen molar-refractivity contribution in [1.82, 2.24) is 4.90 Å². The second-order valence-corrected chi connectivity index (χ2v) is 6.06. The number of rotatable bonds is 3. The standard InChI is InChI=1S/C20H23NO/c1-16-14-19-15-20(22)10-9-18(19)11-13-21(16)12-5-8-17-6-3-2-4-7-17/h2-10,15-16,22H,11-14H2,1H3. The molecule has 0 saturated heterocycles. The predicted molar refractivity (Wildman–Crippen MR) is 92.0 cm³/mol. The van der Waals surface area contributed by atoms with Crippen LogP contribution in [0, 0.1) is 0 Å². The van der Waals surface area contributed by atoms with E-state index < -0.39 is 0 Å².